The van der Waals surface area contributed by atoms with Crippen LogP contribution >= 0.6 is 0 Å². The Hall–Kier alpha value is -1.92. The van der Waals surface area contributed by atoms with Crippen LogP contribution in [0.25, 0.3) is 11.0 Å². The second-order valence-corrected chi connectivity index (χ2v) is 7.90. The average molecular weight is 356 g/mol. The van der Waals surface area contributed by atoms with Crippen molar-refractivity contribution in [3.05, 3.63) is 30.1 Å². The molecule has 2 fully saturated rings. The Morgan fingerprint density at radius 2 is 2.15 bits per heavy atom. The number of nitrogens with one attached hydrogen (secondary N) is 1. The second-order valence-electron chi connectivity index (χ2n) is 7.90. The fraction of sp³-hybridized carbons (Fsp3) is 0.600. The van der Waals surface area contributed by atoms with Crippen molar-refractivity contribution < 1.29 is 9.90 Å². The van der Waals surface area contributed by atoms with Gasteiger partial charge in [-0.05, 0) is 45.2 Å². The summed E-state index contributed by atoms with van der Waals surface area (Å²) in [4.78, 5) is 19.7. The zero-order chi connectivity index (χ0) is 18.3. The van der Waals surface area contributed by atoms with Gasteiger partial charge in [0.1, 0.15) is 5.82 Å². The van der Waals surface area contributed by atoms with Gasteiger partial charge >= 0.3 is 0 Å². The number of piperidine rings is 1. The molecular formula is C20H28N4O2. The van der Waals surface area contributed by atoms with Gasteiger partial charge in [0.05, 0.1) is 23.2 Å². The molecule has 0 spiro atoms. The van der Waals surface area contributed by atoms with Crippen molar-refractivity contribution in [3.8, 4) is 0 Å². The Bertz CT molecular complexity index is 800. The number of aromatic nitrogens is 2. The SMILES string of the molecule is CC(C)n1c(C2CCCN(C(=O)C3CC(O)CN3)C2)nc2ccccc21. The molecule has 26 heavy (non-hydrogen) atoms. The van der Waals surface area contributed by atoms with Crippen molar-refractivity contribution in [2.45, 2.75) is 57.2 Å². The first-order valence-corrected chi connectivity index (χ1v) is 9.71. The van der Waals surface area contributed by atoms with Crippen LogP contribution in [0.3, 0.4) is 0 Å². The highest BCUT2D eigenvalue weighted by molar-refractivity contribution is 5.82. The predicted octanol–water partition coefficient (Wildman–Crippen LogP) is 2.05. The van der Waals surface area contributed by atoms with Gasteiger partial charge < -0.3 is 19.9 Å². The van der Waals surface area contributed by atoms with Crippen LogP contribution in [0.2, 0.25) is 0 Å². The number of hydrogen-bond donors (Lipinski definition) is 2. The highest BCUT2D eigenvalue weighted by Gasteiger charge is 2.35. The Balaban J connectivity index is 1.59. The van der Waals surface area contributed by atoms with Crippen molar-refractivity contribution in [1.82, 2.24) is 19.8 Å². The number of benzene rings is 1. The molecule has 2 aliphatic rings. The monoisotopic (exact) mass is 356 g/mol. The number of aliphatic hydroxyl groups is 1. The highest BCUT2D eigenvalue weighted by Crippen LogP contribution is 2.32. The summed E-state index contributed by atoms with van der Waals surface area (Å²) in [5, 5.41) is 12.9. The van der Waals surface area contributed by atoms with E-state index in [-0.39, 0.29) is 17.9 Å². The third-order valence-corrected chi connectivity index (χ3v) is 5.64. The van der Waals surface area contributed by atoms with Gasteiger partial charge in [0, 0.05) is 31.6 Å². The lowest BCUT2D eigenvalue weighted by Crippen LogP contribution is -2.47. The molecule has 0 saturated carbocycles. The van der Waals surface area contributed by atoms with Gasteiger partial charge in [-0.15, -0.1) is 0 Å². The molecule has 2 aliphatic heterocycles. The summed E-state index contributed by atoms with van der Waals surface area (Å²) in [7, 11) is 0. The van der Waals surface area contributed by atoms with Crippen molar-refractivity contribution in [2.75, 3.05) is 19.6 Å². The van der Waals surface area contributed by atoms with Crippen LogP contribution in [0, 0.1) is 0 Å². The molecule has 2 N–H and O–H groups in total. The maximum Gasteiger partial charge on any atom is 0.239 e. The van der Waals surface area contributed by atoms with Crippen molar-refractivity contribution in [3.63, 3.8) is 0 Å². The van der Waals surface area contributed by atoms with Crippen LogP contribution in [0.5, 0.6) is 0 Å². The molecule has 0 bridgehead atoms. The van der Waals surface area contributed by atoms with Crippen LogP contribution in [0.4, 0.5) is 0 Å². The molecule has 3 unspecified atom stereocenters. The van der Waals surface area contributed by atoms with Gasteiger partial charge in [0.2, 0.25) is 5.91 Å². The maximum absolute atomic E-state index is 12.8. The van der Waals surface area contributed by atoms with Gasteiger partial charge in [-0.3, -0.25) is 4.79 Å². The molecule has 2 aromatic rings. The van der Waals surface area contributed by atoms with E-state index in [0.29, 0.717) is 25.6 Å². The van der Waals surface area contributed by atoms with E-state index in [1.807, 2.05) is 11.0 Å². The minimum atomic E-state index is -0.408. The van der Waals surface area contributed by atoms with Gasteiger partial charge in [0.15, 0.2) is 0 Å². The van der Waals surface area contributed by atoms with E-state index in [1.54, 1.807) is 0 Å². The summed E-state index contributed by atoms with van der Waals surface area (Å²) in [6, 6.07) is 8.36. The minimum absolute atomic E-state index is 0.124. The van der Waals surface area contributed by atoms with Gasteiger partial charge in [0.25, 0.3) is 0 Å². The number of carbonyl (C=O) groups is 1. The van der Waals surface area contributed by atoms with Gasteiger partial charge in [-0.2, -0.15) is 0 Å². The molecule has 140 valence electrons. The van der Waals surface area contributed by atoms with Crippen LogP contribution < -0.4 is 5.32 Å². The Labute approximate surface area is 154 Å². The molecule has 1 aromatic heterocycles. The standard InChI is InChI=1S/C20H28N4O2/c1-13(2)24-18-8-4-3-7-16(18)22-19(24)14-6-5-9-23(12-14)20(26)17-10-15(25)11-21-17/h3-4,7-8,13-15,17,21,25H,5-6,9-12H2,1-2H3. The molecule has 4 rings (SSSR count). The average Bonchev–Trinajstić information content (AvgIpc) is 3.24. The van der Waals surface area contributed by atoms with Gasteiger partial charge in [-0.1, -0.05) is 12.1 Å². The van der Waals surface area contributed by atoms with Crippen LogP contribution in [-0.4, -0.2) is 57.2 Å². The number of imidazole rings is 1. The number of carbonyl (C=O) groups excluding carboxylic acids is 1. The third kappa shape index (κ3) is 3.12. The fourth-order valence-electron chi connectivity index (χ4n) is 4.41. The van der Waals surface area contributed by atoms with E-state index in [0.717, 1.165) is 30.7 Å². The molecule has 2 saturated heterocycles. The topological polar surface area (TPSA) is 70.4 Å². The maximum atomic E-state index is 12.8. The second kappa shape index (κ2) is 7.00. The summed E-state index contributed by atoms with van der Waals surface area (Å²) in [5.41, 5.74) is 2.20. The number of aliphatic hydroxyl groups excluding tert-OH is 1. The first-order valence-electron chi connectivity index (χ1n) is 9.71. The first kappa shape index (κ1) is 17.5. The summed E-state index contributed by atoms with van der Waals surface area (Å²) in [5.74, 6) is 1.48. The Morgan fingerprint density at radius 3 is 2.88 bits per heavy atom. The van der Waals surface area contributed by atoms with Crippen LogP contribution in [0.15, 0.2) is 24.3 Å². The lowest BCUT2D eigenvalue weighted by atomic mass is 9.96. The number of hydrogen-bond acceptors (Lipinski definition) is 4. The molecule has 1 amide bonds. The number of para-hydroxylation sites is 2. The molecule has 3 heterocycles. The lowest BCUT2D eigenvalue weighted by molar-refractivity contribution is -0.134. The van der Waals surface area contributed by atoms with E-state index in [9.17, 15) is 9.90 Å². The quantitative estimate of drug-likeness (QED) is 0.883. The van der Waals surface area contributed by atoms with Crippen molar-refractivity contribution >= 4 is 16.9 Å². The van der Waals surface area contributed by atoms with Gasteiger partial charge in [-0.25, -0.2) is 4.98 Å². The molecule has 1 aromatic carbocycles. The summed E-state index contributed by atoms with van der Waals surface area (Å²) < 4.78 is 2.32. The molecule has 6 nitrogen and oxygen atoms in total. The Morgan fingerprint density at radius 1 is 1.35 bits per heavy atom. The normalized spacial score (nSPS) is 26.8. The number of fused-ring (bicyclic) bond motifs is 1. The van der Waals surface area contributed by atoms with E-state index in [4.69, 9.17) is 4.98 Å². The van der Waals surface area contributed by atoms with E-state index in [1.165, 1.54) is 5.52 Å². The Kier molecular flexibility index (Phi) is 4.71. The number of rotatable bonds is 3. The van der Waals surface area contributed by atoms with E-state index >= 15 is 0 Å². The minimum Gasteiger partial charge on any atom is -0.392 e. The zero-order valence-corrected chi connectivity index (χ0v) is 15.6. The van der Waals surface area contributed by atoms with Crippen molar-refractivity contribution in [2.24, 2.45) is 0 Å². The number of likely N-dealkylation sites (tertiary alicyclic amines) is 1. The lowest BCUT2D eigenvalue weighted by Gasteiger charge is -2.34. The fourth-order valence-corrected chi connectivity index (χ4v) is 4.41. The van der Waals surface area contributed by atoms with Crippen molar-refractivity contribution in [1.29, 1.82) is 0 Å². The first-order chi connectivity index (χ1) is 12.5. The molecule has 6 heteroatoms. The summed E-state index contributed by atoms with van der Waals surface area (Å²) in [6.45, 7) is 6.39. The van der Waals surface area contributed by atoms with E-state index in [2.05, 4.69) is 41.9 Å². The zero-order valence-electron chi connectivity index (χ0n) is 15.6. The molecular weight excluding hydrogens is 328 g/mol. The number of β-amino-alcohol motifs (C(OH)–C–C–N with tert-alkyl or cyclic N) is 1. The number of amides is 1. The number of nitrogens with zero attached hydrogens (tertiary/aromatic N) is 3. The molecule has 0 aliphatic carbocycles. The predicted molar refractivity (Wildman–Crippen MR) is 101 cm³/mol. The third-order valence-electron chi connectivity index (χ3n) is 5.64. The van der Waals surface area contributed by atoms with Crippen LogP contribution in [-0.2, 0) is 4.79 Å². The smallest absolute Gasteiger partial charge is 0.239 e. The van der Waals surface area contributed by atoms with E-state index < -0.39 is 6.10 Å². The molecule has 3 atom stereocenters. The molecule has 0 radical (unpaired) electrons. The summed E-state index contributed by atoms with van der Waals surface area (Å²) >= 11 is 0. The largest absolute Gasteiger partial charge is 0.392 e. The summed E-state index contributed by atoms with van der Waals surface area (Å²) in [6.07, 6.45) is 2.16. The highest BCUT2D eigenvalue weighted by atomic mass is 16.3. The van der Waals surface area contributed by atoms with Crippen LogP contribution in [0.1, 0.15) is 50.9 Å².